The summed E-state index contributed by atoms with van der Waals surface area (Å²) in [5.41, 5.74) is -1.04. The Bertz CT molecular complexity index is 490. The van der Waals surface area contributed by atoms with Crippen LogP contribution in [0.1, 0.15) is 22.8 Å². The predicted molar refractivity (Wildman–Crippen MR) is 56.7 cm³/mol. The Morgan fingerprint density at radius 2 is 1.94 bits per heavy atom. The van der Waals surface area contributed by atoms with E-state index in [-0.39, 0.29) is 5.56 Å². The van der Waals surface area contributed by atoms with Gasteiger partial charge in [0.25, 0.3) is 0 Å². The first kappa shape index (κ1) is 14.0. The molecule has 0 radical (unpaired) electrons. The molecule has 0 bridgehead atoms. The van der Waals surface area contributed by atoms with Gasteiger partial charge in [0, 0.05) is 18.6 Å². The Labute approximate surface area is 101 Å². The molecular formula is C12H9F3O3. The highest BCUT2D eigenvalue weighted by molar-refractivity contribution is 6.04. The van der Waals surface area contributed by atoms with Crippen molar-refractivity contribution in [2.24, 2.45) is 0 Å². The summed E-state index contributed by atoms with van der Waals surface area (Å²) in [4.78, 5) is 21.9. The monoisotopic (exact) mass is 258 g/mol. The van der Waals surface area contributed by atoms with Crippen molar-refractivity contribution in [1.29, 1.82) is 0 Å². The first-order valence-electron chi connectivity index (χ1n) is 4.86. The fraction of sp³-hybridized carbons (Fsp3) is 0.167. The Hall–Kier alpha value is -2.11. The third kappa shape index (κ3) is 4.04. The number of ether oxygens (including phenoxy) is 1. The topological polar surface area (TPSA) is 43.4 Å². The van der Waals surface area contributed by atoms with Crippen LogP contribution >= 0.6 is 0 Å². The number of allylic oxidation sites excluding steroid dienone is 1. The second kappa shape index (κ2) is 5.48. The Morgan fingerprint density at radius 3 is 2.50 bits per heavy atom. The zero-order valence-electron chi connectivity index (χ0n) is 9.32. The summed E-state index contributed by atoms with van der Waals surface area (Å²) in [6.45, 7) is 1.14. The van der Waals surface area contributed by atoms with Gasteiger partial charge in [-0.15, -0.1) is 0 Å². The van der Waals surface area contributed by atoms with Gasteiger partial charge in [-0.05, 0) is 12.1 Å². The molecule has 0 aromatic heterocycles. The number of carbonyl (C=O) groups excluding carboxylic acids is 2. The van der Waals surface area contributed by atoms with Gasteiger partial charge in [0.1, 0.15) is 0 Å². The molecule has 0 amide bonds. The van der Waals surface area contributed by atoms with E-state index in [4.69, 9.17) is 0 Å². The van der Waals surface area contributed by atoms with Gasteiger partial charge in [0.05, 0.1) is 11.8 Å². The fourth-order valence-corrected chi connectivity index (χ4v) is 1.14. The van der Waals surface area contributed by atoms with E-state index < -0.39 is 23.5 Å². The molecule has 96 valence electrons. The smallest absolute Gasteiger partial charge is 0.416 e. The molecule has 1 aromatic carbocycles. The van der Waals surface area contributed by atoms with Crippen LogP contribution in [0.25, 0.3) is 0 Å². The minimum Gasteiger partial charge on any atom is -0.435 e. The van der Waals surface area contributed by atoms with Gasteiger partial charge in [0.15, 0.2) is 5.78 Å². The number of hydrogen-bond acceptors (Lipinski definition) is 3. The summed E-state index contributed by atoms with van der Waals surface area (Å²) in [7, 11) is 0. The number of halogens is 3. The van der Waals surface area contributed by atoms with Crippen molar-refractivity contribution < 1.29 is 27.5 Å². The molecule has 0 unspecified atom stereocenters. The fourth-order valence-electron chi connectivity index (χ4n) is 1.14. The number of carbonyl (C=O) groups is 2. The van der Waals surface area contributed by atoms with E-state index in [1.165, 1.54) is 6.07 Å². The number of hydrogen-bond donors (Lipinski definition) is 0. The van der Waals surface area contributed by atoms with Gasteiger partial charge >= 0.3 is 12.1 Å². The first-order valence-corrected chi connectivity index (χ1v) is 4.86. The van der Waals surface area contributed by atoms with Crippen LogP contribution < -0.4 is 0 Å². The molecule has 0 aliphatic rings. The third-order valence-corrected chi connectivity index (χ3v) is 1.93. The molecule has 18 heavy (non-hydrogen) atoms. The van der Waals surface area contributed by atoms with Crippen LogP contribution in [0, 0.1) is 0 Å². The summed E-state index contributed by atoms with van der Waals surface area (Å²) >= 11 is 0. The maximum atomic E-state index is 12.4. The van der Waals surface area contributed by atoms with Crippen LogP contribution in [0.2, 0.25) is 0 Å². The molecule has 6 heteroatoms. The van der Waals surface area contributed by atoms with E-state index in [0.29, 0.717) is 0 Å². The van der Waals surface area contributed by atoms with Gasteiger partial charge in [0.2, 0.25) is 0 Å². The summed E-state index contributed by atoms with van der Waals surface area (Å²) < 4.78 is 41.5. The van der Waals surface area contributed by atoms with Gasteiger partial charge in [-0.3, -0.25) is 9.59 Å². The molecule has 0 aliphatic heterocycles. The van der Waals surface area contributed by atoms with Crippen LogP contribution in [0.4, 0.5) is 13.2 Å². The molecule has 0 N–H and O–H groups in total. The molecule has 3 nitrogen and oxygen atoms in total. The quantitative estimate of drug-likeness (QED) is 0.362. The van der Waals surface area contributed by atoms with E-state index >= 15 is 0 Å². The van der Waals surface area contributed by atoms with E-state index in [1.54, 1.807) is 0 Å². The zero-order valence-corrected chi connectivity index (χ0v) is 9.32. The van der Waals surface area contributed by atoms with Crippen LogP contribution in [0.15, 0.2) is 36.6 Å². The molecule has 0 spiro atoms. The SMILES string of the molecule is CC(=O)O/C=C/C(=O)c1cccc(C(F)(F)F)c1. The molecule has 0 heterocycles. The largest absolute Gasteiger partial charge is 0.435 e. The minimum atomic E-state index is -4.50. The van der Waals surface area contributed by atoms with Crippen molar-refractivity contribution in [3.63, 3.8) is 0 Å². The lowest BCUT2D eigenvalue weighted by Gasteiger charge is -2.06. The second-order valence-corrected chi connectivity index (χ2v) is 3.35. The lowest BCUT2D eigenvalue weighted by atomic mass is 10.1. The molecule has 0 saturated heterocycles. The zero-order chi connectivity index (χ0) is 13.8. The lowest BCUT2D eigenvalue weighted by Crippen LogP contribution is -2.06. The highest BCUT2D eigenvalue weighted by atomic mass is 19.4. The maximum Gasteiger partial charge on any atom is 0.416 e. The second-order valence-electron chi connectivity index (χ2n) is 3.35. The Morgan fingerprint density at radius 1 is 1.28 bits per heavy atom. The predicted octanol–water partition coefficient (Wildman–Crippen LogP) is 2.96. The summed E-state index contributed by atoms with van der Waals surface area (Å²) in [6, 6.07) is 3.98. The van der Waals surface area contributed by atoms with Crippen molar-refractivity contribution >= 4 is 11.8 Å². The van der Waals surface area contributed by atoms with Crippen LogP contribution in [0.3, 0.4) is 0 Å². The van der Waals surface area contributed by atoms with E-state index in [1.807, 2.05) is 0 Å². The molecule has 0 atom stereocenters. The van der Waals surface area contributed by atoms with Crippen molar-refractivity contribution in [1.82, 2.24) is 0 Å². The Kier molecular flexibility index (Phi) is 4.25. The Balaban J connectivity index is 2.87. The van der Waals surface area contributed by atoms with Gasteiger partial charge in [-0.25, -0.2) is 0 Å². The highest BCUT2D eigenvalue weighted by Crippen LogP contribution is 2.29. The molecule has 0 fully saturated rings. The van der Waals surface area contributed by atoms with Crippen molar-refractivity contribution in [2.75, 3.05) is 0 Å². The first-order chi connectivity index (χ1) is 8.30. The molecule has 0 saturated carbocycles. The molecular weight excluding hydrogens is 249 g/mol. The third-order valence-electron chi connectivity index (χ3n) is 1.93. The van der Waals surface area contributed by atoms with E-state index in [0.717, 1.165) is 37.5 Å². The number of alkyl halides is 3. The van der Waals surface area contributed by atoms with Crippen molar-refractivity contribution in [2.45, 2.75) is 13.1 Å². The minimum absolute atomic E-state index is 0.131. The van der Waals surface area contributed by atoms with E-state index in [9.17, 15) is 22.8 Å². The lowest BCUT2D eigenvalue weighted by molar-refractivity contribution is -0.137. The average molecular weight is 258 g/mol. The molecule has 1 aromatic rings. The highest BCUT2D eigenvalue weighted by Gasteiger charge is 2.30. The van der Waals surface area contributed by atoms with Crippen LogP contribution in [-0.4, -0.2) is 11.8 Å². The number of ketones is 1. The maximum absolute atomic E-state index is 12.4. The summed E-state index contributed by atoms with van der Waals surface area (Å²) in [5.74, 6) is -1.30. The average Bonchev–Trinajstić information content (AvgIpc) is 2.27. The van der Waals surface area contributed by atoms with E-state index in [2.05, 4.69) is 4.74 Å². The summed E-state index contributed by atoms with van der Waals surface area (Å²) in [5, 5.41) is 0. The van der Waals surface area contributed by atoms with Crippen LogP contribution in [-0.2, 0) is 15.7 Å². The van der Waals surface area contributed by atoms with Gasteiger partial charge in [-0.2, -0.15) is 13.2 Å². The van der Waals surface area contributed by atoms with Crippen molar-refractivity contribution in [3.8, 4) is 0 Å². The van der Waals surface area contributed by atoms with Crippen LogP contribution in [0.5, 0.6) is 0 Å². The molecule has 0 aliphatic carbocycles. The van der Waals surface area contributed by atoms with Gasteiger partial charge < -0.3 is 4.74 Å². The normalized spacial score (nSPS) is 11.6. The standard InChI is InChI=1S/C12H9F3O3/c1-8(16)18-6-5-11(17)9-3-2-4-10(7-9)12(13,14)15/h2-7H,1H3/b6-5+. The number of esters is 1. The summed E-state index contributed by atoms with van der Waals surface area (Å²) in [6.07, 6.45) is -2.78. The van der Waals surface area contributed by atoms with Crippen molar-refractivity contribution in [3.05, 3.63) is 47.7 Å². The van der Waals surface area contributed by atoms with Gasteiger partial charge in [-0.1, -0.05) is 12.1 Å². The number of rotatable bonds is 3. The molecule has 1 rings (SSSR count). The number of benzene rings is 1.